The molecule has 1 heterocycles. The highest BCUT2D eigenvalue weighted by molar-refractivity contribution is 5.76. The summed E-state index contributed by atoms with van der Waals surface area (Å²) >= 11 is 0. The second kappa shape index (κ2) is 9.32. The molecule has 1 saturated heterocycles. The fourth-order valence-corrected chi connectivity index (χ4v) is 2.60. The maximum atomic E-state index is 11.7. The fraction of sp³-hybridized carbons (Fsp3) is 0.933. The molecule has 0 bridgehead atoms. The van der Waals surface area contributed by atoms with Crippen molar-refractivity contribution in [3.8, 4) is 0 Å². The van der Waals surface area contributed by atoms with Crippen LogP contribution < -0.4 is 11.1 Å². The molecule has 0 spiro atoms. The maximum absolute atomic E-state index is 11.7. The molecular weight excluding hydrogens is 252 g/mol. The van der Waals surface area contributed by atoms with Crippen molar-refractivity contribution < 1.29 is 4.79 Å². The zero-order chi connectivity index (χ0) is 15.0. The summed E-state index contributed by atoms with van der Waals surface area (Å²) in [6, 6.07) is 0.236. The summed E-state index contributed by atoms with van der Waals surface area (Å²) < 4.78 is 0. The van der Waals surface area contributed by atoms with Gasteiger partial charge in [0.05, 0.1) is 0 Å². The first-order valence-electron chi connectivity index (χ1n) is 7.95. The predicted octanol–water partition coefficient (Wildman–Crippen LogP) is 0.504. The van der Waals surface area contributed by atoms with Gasteiger partial charge in [-0.3, -0.25) is 4.79 Å². The third-order valence-electron chi connectivity index (χ3n) is 3.76. The number of carbonyl (C=O) groups is 1. The molecule has 1 rings (SSSR count). The number of amides is 1. The average molecular weight is 284 g/mol. The Morgan fingerprint density at radius 3 is 2.45 bits per heavy atom. The Balaban J connectivity index is 2.24. The van der Waals surface area contributed by atoms with Crippen molar-refractivity contribution >= 4 is 5.91 Å². The highest BCUT2D eigenvalue weighted by atomic mass is 16.1. The van der Waals surface area contributed by atoms with E-state index in [1.165, 1.54) is 6.42 Å². The van der Waals surface area contributed by atoms with Crippen molar-refractivity contribution in [2.45, 2.75) is 39.7 Å². The lowest BCUT2D eigenvalue weighted by Gasteiger charge is -2.24. The van der Waals surface area contributed by atoms with Gasteiger partial charge in [-0.2, -0.15) is 0 Å². The van der Waals surface area contributed by atoms with Crippen LogP contribution in [-0.4, -0.2) is 67.6 Å². The molecule has 118 valence electrons. The van der Waals surface area contributed by atoms with Crippen LogP contribution in [0.25, 0.3) is 0 Å². The van der Waals surface area contributed by atoms with Crippen molar-refractivity contribution in [2.75, 3.05) is 45.8 Å². The molecule has 1 aliphatic rings. The van der Waals surface area contributed by atoms with Crippen LogP contribution >= 0.6 is 0 Å². The topological polar surface area (TPSA) is 61.6 Å². The van der Waals surface area contributed by atoms with Gasteiger partial charge >= 0.3 is 0 Å². The summed E-state index contributed by atoms with van der Waals surface area (Å²) in [5.41, 5.74) is 5.69. The van der Waals surface area contributed by atoms with E-state index < -0.39 is 0 Å². The normalized spacial score (nSPS) is 19.9. The van der Waals surface area contributed by atoms with Crippen molar-refractivity contribution in [1.29, 1.82) is 0 Å². The maximum Gasteiger partial charge on any atom is 0.221 e. The summed E-state index contributed by atoms with van der Waals surface area (Å²) in [5, 5.41) is 2.95. The Hall–Kier alpha value is -0.650. The van der Waals surface area contributed by atoms with E-state index in [9.17, 15) is 4.79 Å². The third-order valence-corrected chi connectivity index (χ3v) is 3.76. The minimum Gasteiger partial charge on any atom is -0.354 e. The molecule has 0 aromatic heterocycles. The van der Waals surface area contributed by atoms with Crippen LogP contribution in [0, 0.1) is 5.92 Å². The van der Waals surface area contributed by atoms with E-state index in [0.29, 0.717) is 12.3 Å². The summed E-state index contributed by atoms with van der Waals surface area (Å²) in [5.74, 6) is 0.733. The first kappa shape index (κ1) is 17.4. The van der Waals surface area contributed by atoms with Gasteiger partial charge in [-0.25, -0.2) is 0 Å². The molecule has 0 aliphatic carbocycles. The lowest BCUT2D eigenvalue weighted by atomic mass is 10.1. The molecule has 0 aromatic rings. The zero-order valence-electron chi connectivity index (χ0n) is 13.4. The molecule has 0 radical (unpaired) electrons. The van der Waals surface area contributed by atoms with E-state index in [2.05, 4.69) is 22.0 Å². The molecule has 20 heavy (non-hydrogen) atoms. The number of hydrogen-bond donors (Lipinski definition) is 2. The minimum atomic E-state index is 0.165. The highest BCUT2D eigenvalue weighted by Gasteiger charge is 2.16. The van der Waals surface area contributed by atoms with Crippen LogP contribution in [0.4, 0.5) is 0 Å². The number of nitrogens with two attached hydrogens (primary N) is 1. The third kappa shape index (κ3) is 7.22. The lowest BCUT2D eigenvalue weighted by Crippen LogP contribution is -2.37. The standard InChI is InChI=1S/C15H32N4O/c1-13(2)17-15(20)5-8-18-6-4-7-19(10-9-18)12-14(3)11-16/h13-14H,4-12,16H2,1-3H3,(H,17,20). The van der Waals surface area contributed by atoms with Gasteiger partial charge < -0.3 is 20.9 Å². The minimum absolute atomic E-state index is 0.165. The van der Waals surface area contributed by atoms with Crippen molar-refractivity contribution in [2.24, 2.45) is 11.7 Å². The van der Waals surface area contributed by atoms with E-state index in [1.54, 1.807) is 0 Å². The van der Waals surface area contributed by atoms with Crippen LogP contribution in [0.1, 0.15) is 33.6 Å². The molecule has 1 aliphatic heterocycles. The molecule has 0 aromatic carbocycles. The predicted molar refractivity (Wildman–Crippen MR) is 83.6 cm³/mol. The zero-order valence-corrected chi connectivity index (χ0v) is 13.4. The number of carbonyl (C=O) groups excluding carboxylic acids is 1. The average Bonchev–Trinajstić information content (AvgIpc) is 2.61. The van der Waals surface area contributed by atoms with Crippen molar-refractivity contribution in [3.05, 3.63) is 0 Å². The van der Waals surface area contributed by atoms with Gasteiger partial charge in [0.25, 0.3) is 0 Å². The number of rotatable bonds is 7. The smallest absolute Gasteiger partial charge is 0.221 e. The van der Waals surface area contributed by atoms with Crippen molar-refractivity contribution in [3.63, 3.8) is 0 Å². The molecule has 3 N–H and O–H groups in total. The van der Waals surface area contributed by atoms with E-state index in [1.807, 2.05) is 13.8 Å². The Morgan fingerprint density at radius 2 is 1.80 bits per heavy atom. The van der Waals surface area contributed by atoms with Gasteiger partial charge in [0.2, 0.25) is 5.91 Å². The van der Waals surface area contributed by atoms with Gasteiger partial charge in [-0.1, -0.05) is 6.92 Å². The Bertz CT molecular complexity index is 283. The van der Waals surface area contributed by atoms with E-state index in [4.69, 9.17) is 5.73 Å². The largest absolute Gasteiger partial charge is 0.354 e. The number of nitrogens with zero attached hydrogens (tertiary/aromatic N) is 2. The molecule has 1 amide bonds. The second-order valence-corrected chi connectivity index (χ2v) is 6.31. The van der Waals surface area contributed by atoms with E-state index in [0.717, 1.165) is 45.8 Å². The van der Waals surface area contributed by atoms with Gasteiger partial charge in [-0.15, -0.1) is 0 Å². The number of nitrogens with one attached hydrogen (secondary N) is 1. The van der Waals surface area contributed by atoms with Gasteiger partial charge in [-0.05, 0) is 45.8 Å². The highest BCUT2D eigenvalue weighted by Crippen LogP contribution is 2.06. The summed E-state index contributed by atoms with van der Waals surface area (Å²) in [7, 11) is 0. The second-order valence-electron chi connectivity index (χ2n) is 6.31. The molecular formula is C15H32N4O. The molecule has 5 nitrogen and oxygen atoms in total. The van der Waals surface area contributed by atoms with Crippen LogP contribution in [0.5, 0.6) is 0 Å². The molecule has 0 saturated carbocycles. The van der Waals surface area contributed by atoms with E-state index >= 15 is 0 Å². The van der Waals surface area contributed by atoms with Crippen LogP contribution in [0.3, 0.4) is 0 Å². The quantitative estimate of drug-likeness (QED) is 0.715. The summed E-state index contributed by atoms with van der Waals surface area (Å²) in [6.07, 6.45) is 1.79. The monoisotopic (exact) mass is 284 g/mol. The van der Waals surface area contributed by atoms with Crippen molar-refractivity contribution in [1.82, 2.24) is 15.1 Å². The lowest BCUT2D eigenvalue weighted by molar-refractivity contribution is -0.121. The Labute approximate surface area is 123 Å². The molecule has 1 unspecified atom stereocenters. The van der Waals surface area contributed by atoms with Crippen LogP contribution in [-0.2, 0) is 4.79 Å². The fourth-order valence-electron chi connectivity index (χ4n) is 2.60. The van der Waals surface area contributed by atoms with Gasteiger partial charge in [0.1, 0.15) is 0 Å². The first-order chi connectivity index (χ1) is 9.51. The molecule has 1 atom stereocenters. The first-order valence-corrected chi connectivity index (χ1v) is 7.95. The van der Waals surface area contributed by atoms with E-state index in [-0.39, 0.29) is 11.9 Å². The molecule has 1 fully saturated rings. The van der Waals surface area contributed by atoms with Gasteiger partial charge in [0, 0.05) is 38.6 Å². The Morgan fingerprint density at radius 1 is 1.15 bits per heavy atom. The number of hydrogen-bond acceptors (Lipinski definition) is 4. The van der Waals surface area contributed by atoms with Gasteiger partial charge in [0.15, 0.2) is 0 Å². The summed E-state index contributed by atoms with van der Waals surface area (Å²) in [4.78, 5) is 16.6. The van der Waals surface area contributed by atoms with Crippen LogP contribution in [0.2, 0.25) is 0 Å². The summed E-state index contributed by atoms with van der Waals surface area (Å²) in [6.45, 7) is 13.3. The van der Waals surface area contributed by atoms with Crippen LogP contribution in [0.15, 0.2) is 0 Å². The molecule has 5 heteroatoms. The SMILES string of the molecule is CC(CN)CN1CCCN(CCC(=O)NC(C)C)CC1. The Kier molecular flexibility index (Phi) is 8.11.